The first-order valence-corrected chi connectivity index (χ1v) is 31.7. The van der Waals surface area contributed by atoms with Crippen LogP contribution in [0.4, 0.5) is 0 Å². The number of aliphatic imine (C=N–C) groups is 3. The van der Waals surface area contributed by atoms with E-state index in [1.807, 2.05) is 54.6 Å². The smallest absolute Gasteiger partial charge is 0.0910 e. The molecular formula is C69H72Cl6N6. The van der Waals surface area contributed by atoms with E-state index in [9.17, 15) is 0 Å². The molecule has 0 amide bonds. The molecule has 7 heterocycles. The molecule has 10 rings (SSSR count). The lowest BCUT2D eigenvalue weighted by atomic mass is 9.90. The van der Waals surface area contributed by atoms with Crippen LogP contribution < -0.4 is 32.1 Å². The zero-order chi connectivity index (χ0) is 57.9. The molecule has 6 aromatic rings. The number of H-pyrrole nitrogens is 3. The second kappa shape index (κ2) is 24.1. The lowest BCUT2D eigenvalue weighted by molar-refractivity contribution is 1.03. The Morgan fingerprint density at radius 3 is 0.654 bits per heavy atom. The van der Waals surface area contributed by atoms with E-state index in [-0.39, 0.29) is 0 Å². The Morgan fingerprint density at radius 2 is 0.469 bits per heavy atom. The van der Waals surface area contributed by atoms with E-state index in [1.54, 1.807) is 0 Å². The first kappa shape index (κ1) is 58.9. The van der Waals surface area contributed by atoms with Crippen molar-refractivity contribution < 1.29 is 0 Å². The van der Waals surface area contributed by atoms with Gasteiger partial charge in [-0.1, -0.05) is 171 Å². The van der Waals surface area contributed by atoms with Crippen molar-refractivity contribution in [2.75, 3.05) is 0 Å². The molecule has 4 aliphatic heterocycles. The van der Waals surface area contributed by atoms with Gasteiger partial charge in [0.25, 0.3) is 0 Å². The number of nitrogens with one attached hydrogen (secondary N) is 3. The second-order valence-corrected chi connectivity index (χ2v) is 23.4. The molecule has 3 aromatic carbocycles. The standard InChI is InChI=1S/C69H72Cl6N6/c1-13-34-40(19-7)64-65-41(20-8)36(15-3)60(78-65)56(53-48(72)30-26-31-49(53)73)61-38(17-5)44(23-11)68(80-61)69-45(24-12)39(18-6)63(81-69)57(54-50(74)32-27-33-51(54)75)62-37(16-4)43(22-10)67(79-62)66-42(21-9)35(14-2)59(77-66)55(58(34)76-64)52-46(70)28-25-29-47(52)71/h25-33,76,79-80H,13-24H2,1-12H3. The molecule has 4 aliphatic rings. The lowest BCUT2D eigenvalue weighted by Gasteiger charge is -2.15. The van der Waals surface area contributed by atoms with Gasteiger partial charge >= 0.3 is 0 Å². The minimum Gasteiger partial charge on any atom is -0.353 e. The molecule has 12 bridgehead atoms. The van der Waals surface area contributed by atoms with Crippen molar-refractivity contribution in [3.8, 4) is 0 Å². The summed E-state index contributed by atoms with van der Waals surface area (Å²) in [7, 11) is 0. The van der Waals surface area contributed by atoms with Gasteiger partial charge in [0.15, 0.2) is 0 Å². The van der Waals surface area contributed by atoms with Crippen LogP contribution in [-0.4, -0.2) is 32.1 Å². The van der Waals surface area contributed by atoms with Crippen molar-refractivity contribution in [1.29, 1.82) is 0 Å². The van der Waals surface area contributed by atoms with E-state index in [0.29, 0.717) is 49.4 Å². The largest absolute Gasteiger partial charge is 0.353 e. The van der Waals surface area contributed by atoms with Gasteiger partial charge in [-0.3, -0.25) is 0 Å². The summed E-state index contributed by atoms with van der Waals surface area (Å²) in [6.07, 6.45) is 8.74. The fourth-order valence-corrected chi connectivity index (χ4v) is 15.5. The van der Waals surface area contributed by atoms with Crippen molar-refractivity contribution in [2.45, 2.75) is 160 Å². The van der Waals surface area contributed by atoms with Crippen molar-refractivity contribution in [1.82, 2.24) is 15.0 Å². The third-order valence-corrected chi connectivity index (χ3v) is 19.1. The van der Waals surface area contributed by atoms with Gasteiger partial charge in [-0.25, -0.2) is 15.0 Å². The van der Waals surface area contributed by atoms with E-state index in [1.165, 1.54) is 50.1 Å². The van der Waals surface area contributed by atoms with Crippen LogP contribution in [0.5, 0.6) is 0 Å². The van der Waals surface area contributed by atoms with Crippen LogP contribution in [-0.2, 0) is 38.5 Å². The van der Waals surface area contributed by atoms with E-state index in [4.69, 9.17) is 84.6 Å². The van der Waals surface area contributed by atoms with Crippen LogP contribution in [0.1, 0.15) is 172 Å². The summed E-state index contributed by atoms with van der Waals surface area (Å²) >= 11 is 45.0. The van der Waals surface area contributed by atoms with Crippen LogP contribution in [0, 0.1) is 0 Å². The summed E-state index contributed by atoms with van der Waals surface area (Å²) in [4.78, 5) is 30.3. The number of allylic oxidation sites excluding steroid dienone is 3. The monoisotopic (exact) mass is 1190 g/mol. The molecule has 0 unspecified atom stereocenters. The van der Waals surface area contributed by atoms with E-state index >= 15 is 0 Å². The van der Waals surface area contributed by atoms with Crippen molar-refractivity contribution in [3.63, 3.8) is 0 Å². The molecule has 6 nitrogen and oxygen atoms in total. The molecule has 0 saturated heterocycles. The molecule has 420 valence electrons. The normalized spacial score (nSPS) is 15.6. The highest BCUT2D eigenvalue weighted by molar-refractivity contribution is 6.46. The van der Waals surface area contributed by atoms with Gasteiger partial charge < -0.3 is 15.0 Å². The molecule has 3 aromatic heterocycles. The Balaban J connectivity index is 1.61. The zero-order valence-electron chi connectivity index (χ0n) is 48.8. The summed E-state index contributed by atoms with van der Waals surface area (Å²) in [5.74, 6) is 0. The summed E-state index contributed by atoms with van der Waals surface area (Å²) < 4.78 is 0. The van der Waals surface area contributed by atoms with Gasteiger partial charge in [0.05, 0.1) is 96.5 Å². The molecule has 81 heavy (non-hydrogen) atoms. The molecule has 0 radical (unpaired) electrons. The third-order valence-electron chi connectivity index (χ3n) is 17.2. The van der Waals surface area contributed by atoms with Crippen molar-refractivity contribution >= 4 is 121 Å². The van der Waals surface area contributed by atoms with Gasteiger partial charge in [0.2, 0.25) is 0 Å². The zero-order valence-corrected chi connectivity index (χ0v) is 53.3. The summed E-state index contributed by atoms with van der Waals surface area (Å²) in [6, 6.07) is 17.3. The number of benzene rings is 3. The van der Waals surface area contributed by atoms with Crippen LogP contribution in [0.25, 0.3) is 33.8 Å². The molecule has 0 fully saturated rings. The maximum absolute atomic E-state index is 7.50. The molecule has 0 saturated carbocycles. The number of nitrogens with zero attached hydrogens (tertiary/aromatic N) is 3. The Bertz CT molecular complexity index is 3760. The molecule has 0 spiro atoms. The quantitative estimate of drug-likeness (QED) is 0.0915. The maximum Gasteiger partial charge on any atom is 0.0910 e. The number of fused-ring (bicyclic) bond motifs is 9. The van der Waals surface area contributed by atoms with E-state index in [2.05, 4.69) is 98.0 Å². The highest BCUT2D eigenvalue weighted by Crippen LogP contribution is 2.43. The molecule has 0 atom stereocenters. The topological polar surface area (TPSA) is 84.5 Å². The number of halogens is 6. The van der Waals surface area contributed by atoms with Gasteiger partial charge in [-0.05, 0) is 180 Å². The maximum atomic E-state index is 7.50. The number of aromatic amines is 3. The number of hydrogen-bond donors (Lipinski definition) is 3. The van der Waals surface area contributed by atoms with Crippen LogP contribution in [0.3, 0.4) is 0 Å². The average molecular weight is 1200 g/mol. The van der Waals surface area contributed by atoms with E-state index < -0.39 is 0 Å². The molecule has 12 heteroatoms. The van der Waals surface area contributed by atoms with Crippen molar-refractivity contribution in [3.05, 3.63) is 200 Å². The predicted octanol–water partition coefficient (Wildman–Crippen LogP) is 16.0. The minimum atomic E-state index is 0.541. The van der Waals surface area contributed by atoms with Gasteiger partial charge in [-0.15, -0.1) is 0 Å². The van der Waals surface area contributed by atoms with E-state index in [0.717, 1.165) is 174 Å². The minimum absolute atomic E-state index is 0.541. The average Bonchev–Trinajstić information content (AvgIpc) is 4.52. The van der Waals surface area contributed by atoms with Crippen LogP contribution >= 0.6 is 69.6 Å². The highest BCUT2D eigenvalue weighted by Gasteiger charge is 2.36. The Hall–Kier alpha value is -5.31. The predicted molar refractivity (Wildman–Crippen MR) is 349 cm³/mol. The first-order valence-electron chi connectivity index (χ1n) is 29.4. The first-order chi connectivity index (χ1) is 39.2. The molecular weight excluding hydrogens is 1130 g/mol. The Labute approximate surface area is 507 Å². The second-order valence-electron chi connectivity index (χ2n) is 21.0. The summed E-state index contributed by atoms with van der Waals surface area (Å²) in [6.45, 7) is 26.8. The molecule has 3 N–H and O–H groups in total. The fraction of sp³-hybridized carbons (Fsp3) is 0.348. The fourth-order valence-electron chi connectivity index (χ4n) is 13.7. The highest BCUT2D eigenvalue weighted by atomic mass is 35.5. The molecule has 0 aliphatic carbocycles. The lowest BCUT2D eigenvalue weighted by Crippen LogP contribution is -2.23. The Morgan fingerprint density at radius 1 is 0.272 bits per heavy atom. The van der Waals surface area contributed by atoms with Crippen LogP contribution in [0.15, 0.2) is 103 Å². The SMILES string of the molecule is CCC1=C(CC)C2=c3[nH]c(c(CC)c3CC)=C(c3c(Cl)cccc3Cl)C3=NC(=c4[nH]c(c(CC)c4CC)=C(c4c(Cl)cccc4Cl)C4=NC(=c5[nH]c(c(CC)c5CC)=C(c5c(Cl)cccc5Cl)C1=N2)C(CC)=C4CC)C(CC)=C3CC. The third kappa shape index (κ3) is 9.42. The van der Waals surface area contributed by atoms with Gasteiger partial charge in [0, 0.05) is 33.4 Å². The number of rotatable bonds is 15. The summed E-state index contributed by atoms with van der Waals surface area (Å²) in [5, 5.41) is 8.96. The van der Waals surface area contributed by atoms with Crippen LogP contribution in [0.2, 0.25) is 30.1 Å². The Kier molecular flexibility index (Phi) is 17.5. The number of hydrogen-bond acceptors (Lipinski definition) is 3. The van der Waals surface area contributed by atoms with Crippen molar-refractivity contribution in [2.24, 2.45) is 15.0 Å². The van der Waals surface area contributed by atoms with Gasteiger partial charge in [-0.2, -0.15) is 0 Å². The number of aromatic nitrogens is 3. The summed E-state index contributed by atoms with van der Waals surface area (Å²) in [5.41, 5.74) is 24.1. The van der Waals surface area contributed by atoms with Gasteiger partial charge in [0.1, 0.15) is 0 Å².